The molecule has 1 aliphatic heterocycles. The van der Waals surface area contributed by atoms with Gasteiger partial charge in [0, 0.05) is 30.4 Å². The molecule has 1 aliphatic carbocycles. The van der Waals surface area contributed by atoms with Crippen LogP contribution in [-0.4, -0.2) is 44.5 Å². The molecule has 1 N–H and O–H groups in total. The lowest BCUT2D eigenvalue weighted by Gasteiger charge is -2.29. The second kappa shape index (κ2) is 6.29. The summed E-state index contributed by atoms with van der Waals surface area (Å²) in [5.41, 5.74) is 2.59. The van der Waals surface area contributed by atoms with Crippen molar-refractivity contribution in [1.29, 1.82) is 0 Å². The third-order valence-corrected chi connectivity index (χ3v) is 6.08. The molecule has 4 rings (SSSR count). The van der Waals surface area contributed by atoms with Crippen molar-refractivity contribution in [2.45, 2.75) is 45.3 Å². The number of aryl methyl sites for hydroxylation is 1. The van der Waals surface area contributed by atoms with E-state index in [1.54, 1.807) is 5.51 Å². The van der Waals surface area contributed by atoms with Crippen molar-refractivity contribution < 1.29 is 4.79 Å². The minimum Gasteiger partial charge on any atom is -0.334 e. The molecule has 3 heterocycles. The van der Waals surface area contributed by atoms with Crippen LogP contribution in [0.15, 0.2) is 23.3 Å². The van der Waals surface area contributed by atoms with Crippen LogP contribution in [0.4, 0.5) is 0 Å². The molecule has 1 saturated carbocycles. The van der Waals surface area contributed by atoms with E-state index in [1.165, 1.54) is 11.3 Å². The number of carbonyl (C=O) groups excluding carboxylic acids is 1. The molecular weight excluding hydrogens is 322 g/mol. The van der Waals surface area contributed by atoms with Gasteiger partial charge in [-0.1, -0.05) is 0 Å². The molecule has 0 unspecified atom stereocenters. The largest absolute Gasteiger partial charge is 0.334 e. The summed E-state index contributed by atoms with van der Waals surface area (Å²) in [5.74, 6) is 0.999. The van der Waals surface area contributed by atoms with E-state index in [-0.39, 0.29) is 5.91 Å². The van der Waals surface area contributed by atoms with Gasteiger partial charge in [-0.3, -0.25) is 4.79 Å². The summed E-state index contributed by atoms with van der Waals surface area (Å²) in [6.45, 7) is 5.64. The average Bonchev–Trinajstić information content (AvgIpc) is 3.05. The highest BCUT2D eigenvalue weighted by Crippen LogP contribution is 2.56. The Bertz CT molecular complexity index is 704. The number of imidazole rings is 1. The zero-order chi connectivity index (χ0) is 16.6. The monoisotopic (exact) mass is 345 g/mol. The van der Waals surface area contributed by atoms with Gasteiger partial charge in [-0.2, -0.15) is 0 Å². The maximum absolute atomic E-state index is 13.1. The first-order valence-electron chi connectivity index (χ1n) is 8.63. The van der Waals surface area contributed by atoms with E-state index in [0.29, 0.717) is 23.7 Å². The molecule has 2 aromatic heterocycles. The number of amides is 1. The smallest absolute Gasteiger partial charge is 0.273 e. The molecule has 2 aromatic rings. The van der Waals surface area contributed by atoms with E-state index in [2.05, 4.69) is 26.8 Å². The Morgan fingerprint density at radius 1 is 1.46 bits per heavy atom. The Morgan fingerprint density at radius 3 is 3.00 bits per heavy atom. The molecule has 2 fully saturated rings. The van der Waals surface area contributed by atoms with Crippen LogP contribution in [-0.2, 0) is 13.1 Å². The van der Waals surface area contributed by atoms with Crippen molar-refractivity contribution in [3.63, 3.8) is 0 Å². The Kier molecular flexibility index (Phi) is 4.14. The lowest BCUT2D eigenvalue weighted by atomic mass is 9.93. The summed E-state index contributed by atoms with van der Waals surface area (Å²) in [6.07, 6.45) is 7.21. The Hall–Kier alpha value is -1.73. The van der Waals surface area contributed by atoms with Gasteiger partial charge in [0.05, 0.1) is 12.1 Å². The van der Waals surface area contributed by atoms with Gasteiger partial charge in [0.25, 0.3) is 5.91 Å². The van der Waals surface area contributed by atoms with Crippen LogP contribution in [0.1, 0.15) is 42.5 Å². The van der Waals surface area contributed by atoms with Crippen LogP contribution >= 0.6 is 11.3 Å². The van der Waals surface area contributed by atoms with Gasteiger partial charge in [0.1, 0.15) is 11.5 Å². The van der Waals surface area contributed by atoms with Gasteiger partial charge in [-0.25, -0.2) is 9.97 Å². The number of rotatable bonds is 5. The highest BCUT2D eigenvalue weighted by Gasteiger charge is 2.58. The fraction of sp³-hybridized carbons (Fsp3) is 0.588. The fourth-order valence-corrected chi connectivity index (χ4v) is 4.48. The maximum atomic E-state index is 13.1. The number of aromatic nitrogens is 3. The lowest BCUT2D eigenvalue weighted by molar-refractivity contribution is 0.0679. The third-order valence-electron chi connectivity index (χ3n) is 5.49. The van der Waals surface area contributed by atoms with Gasteiger partial charge in [-0.05, 0) is 44.7 Å². The summed E-state index contributed by atoms with van der Waals surface area (Å²) in [4.78, 5) is 23.8. The number of thiazole rings is 1. The van der Waals surface area contributed by atoms with E-state index in [1.807, 2.05) is 22.7 Å². The third kappa shape index (κ3) is 2.75. The maximum Gasteiger partial charge on any atom is 0.273 e. The number of nitrogens with one attached hydrogen (secondary N) is 1. The fourth-order valence-electron chi connectivity index (χ4n) is 3.95. The van der Waals surface area contributed by atoms with Gasteiger partial charge in [-0.15, -0.1) is 11.3 Å². The summed E-state index contributed by atoms with van der Waals surface area (Å²) >= 11 is 1.47. The highest BCUT2D eigenvalue weighted by atomic mass is 32.1. The Morgan fingerprint density at radius 2 is 2.29 bits per heavy atom. The van der Waals surface area contributed by atoms with Crippen molar-refractivity contribution in [3.8, 4) is 0 Å². The number of hydrogen-bond donors (Lipinski definition) is 1. The first-order valence-corrected chi connectivity index (χ1v) is 9.58. The van der Waals surface area contributed by atoms with E-state index < -0.39 is 0 Å². The molecule has 0 radical (unpaired) electrons. The molecule has 128 valence electrons. The minimum absolute atomic E-state index is 0.0438. The van der Waals surface area contributed by atoms with E-state index in [4.69, 9.17) is 0 Å². The number of nitrogens with zero attached hydrogens (tertiary/aromatic N) is 4. The molecule has 1 spiro atoms. The Balaban J connectivity index is 1.59. The SMILES string of the molecule is CCn1ccnc1CN(C(=O)c1cscn1)[C@H]1CC12CCNCC2. The normalized spacial score (nSPS) is 21.8. The molecular formula is C17H23N5OS. The Labute approximate surface area is 145 Å². The van der Waals surface area contributed by atoms with E-state index in [9.17, 15) is 4.79 Å². The van der Waals surface area contributed by atoms with Crippen molar-refractivity contribution in [1.82, 2.24) is 24.8 Å². The second-order valence-electron chi connectivity index (χ2n) is 6.77. The zero-order valence-electron chi connectivity index (χ0n) is 13.9. The van der Waals surface area contributed by atoms with Crippen LogP contribution in [0, 0.1) is 5.41 Å². The topological polar surface area (TPSA) is 63.1 Å². The van der Waals surface area contributed by atoms with Crippen LogP contribution in [0.3, 0.4) is 0 Å². The molecule has 1 amide bonds. The standard InChI is InChI=1S/C17H23N5OS/c1-2-21-8-7-19-15(21)10-22(16(23)13-11-24-12-20-13)14-9-17(14)3-5-18-6-4-17/h7-8,11-12,14,18H,2-6,9-10H2,1H3/t14-/m0/s1. The van der Waals surface area contributed by atoms with Crippen molar-refractivity contribution in [2.24, 2.45) is 5.41 Å². The minimum atomic E-state index is 0.0438. The van der Waals surface area contributed by atoms with Gasteiger partial charge in [0.2, 0.25) is 0 Å². The molecule has 1 saturated heterocycles. The van der Waals surface area contributed by atoms with E-state index in [0.717, 1.165) is 44.7 Å². The average molecular weight is 345 g/mol. The summed E-state index contributed by atoms with van der Waals surface area (Å²) < 4.78 is 2.11. The summed E-state index contributed by atoms with van der Waals surface area (Å²) in [6, 6.07) is 0.316. The van der Waals surface area contributed by atoms with Crippen molar-refractivity contribution >= 4 is 17.2 Å². The summed E-state index contributed by atoms with van der Waals surface area (Å²) in [5, 5.41) is 5.28. The number of piperidine rings is 1. The van der Waals surface area contributed by atoms with Crippen LogP contribution in [0.2, 0.25) is 0 Å². The number of hydrogen-bond acceptors (Lipinski definition) is 5. The van der Waals surface area contributed by atoms with Crippen LogP contribution < -0.4 is 5.32 Å². The highest BCUT2D eigenvalue weighted by molar-refractivity contribution is 7.07. The molecule has 24 heavy (non-hydrogen) atoms. The van der Waals surface area contributed by atoms with Gasteiger partial charge >= 0.3 is 0 Å². The van der Waals surface area contributed by atoms with Crippen molar-refractivity contribution in [3.05, 3.63) is 34.8 Å². The first kappa shape index (κ1) is 15.8. The van der Waals surface area contributed by atoms with E-state index >= 15 is 0 Å². The summed E-state index contributed by atoms with van der Waals surface area (Å²) in [7, 11) is 0. The predicted molar refractivity (Wildman–Crippen MR) is 92.8 cm³/mol. The molecule has 2 aliphatic rings. The quantitative estimate of drug-likeness (QED) is 0.902. The molecule has 1 atom stereocenters. The predicted octanol–water partition coefficient (Wildman–Crippen LogP) is 2.14. The van der Waals surface area contributed by atoms with Gasteiger partial charge in [0.15, 0.2) is 0 Å². The molecule has 7 heteroatoms. The molecule has 0 bridgehead atoms. The van der Waals surface area contributed by atoms with Crippen LogP contribution in [0.25, 0.3) is 0 Å². The zero-order valence-corrected chi connectivity index (χ0v) is 14.8. The van der Waals surface area contributed by atoms with Crippen LogP contribution in [0.5, 0.6) is 0 Å². The lowest BCUT2D eigenvalue weighted by Crippen LogP contribution is -2.39. The second-order valence-corrected chi connectivity index (χ2v) is 7.49. The van der Waals surface area contributed by atoms with Gasteiger partial charge < -0.3 is 14.8 Å². The molecule has 6 nitrogen and oxygen atoms in total. The van der Waals surface area contributed by atoms with Crippen molar-refractivity contribution in [2.75, 3.05) is 13.1 Å². The molecule has 0 aromatic carbocycles. The first-order chi connectivity index (χ1) is 11.7. The number of carbonyl (C=O) groups is 1.